The van der Waals surface area contributed by atoms with Crippen LogP contribution in [0.1, 0.15) is 26.1 Å². The number of thioether (sulfide) groups is 1. The number of benzene rings is 1. The first-order valence-electron chi connectivity index (χ1n) is 8.17. The molecule has 0 saturated carbocycles. The molecular weight excluding hydrogens is 306 g/mol. The number of aromatic nitrogens is 2. The molecule has 23 heavy (non-hydrogen) atoms. The molecule has 5 heteroatoms. The van der Waals surface area contributed by atoms with Crippen LogP contribution in [0.2, 0.25) is 0 Å². The fraction of sp³-hybridized carbons (Fsp3) is 0.500. The van der Waals surface area contributed by atoms with Crippen LogP contribution in [-0.2, 0) is 4.79 Å². The summed E-state index contributed by atoms with van der Waals surface area (Å²) in [6, 6.07) is 7.97. The fourth-order valence-corrected chi connectivity index (χ4v) is 4.32. The molecule has 4 nitrogen and oxygen atoms in total. The van der Waals surface area contributed by atoms with E-state index < -0.39 is 0 Å². The highest BCUT2D eigenvalue weighted by Crippen LogP contribution is 2.27. The molecule has 2 atom stereocenters. The summed E-state index contributed by atoms with van der Waals surface area (Å²) < 4.78 is 0. The molecule has 1 aromatic heterocycles. The number of aryl methyl sites for hydroxylation is 1. The van der Waals surface area contributed by atoms with Gasteiger partial charge in [-0.2, -0.15) is 0 Å². The van der Waals surface area contributed by atoms with E-state index in [1.54, 1.807) is 0 Å². The fourth-order valence-electron chi connectivity index (χ4n) is 3.36. The van der Waals surface area contributed by atoms with E-state index in [1.165, 1.54) is 18.2 Å². The van der Waals surface area contributed by atoms with Gasteiger partial charge in [-0.1, -0.05) is 43.8 Å². The minimum absolute atomic E-state index is 0.216. The number of hydrogen-bond acceptors (Lipinski definition) is 4. The van der Waals surface area contributed by atoms with Crippen molar-refractivity contribution in [3.8, 4) is 0 Å². The van der Waals surface area contributed by atoms with Crippen LogP contribution in [0.15, 0.2) is 29.3 Å². The summed E-state index contributed by atoms with van der Waals surface area (Å²) in [6.45, 7) is 8.11. The van der Waals surface area contributed by atoms with Crippen LogP contribution in [0, 0.1) is 18.8 Å². The summed E-state index contributed by atoms with van der Waals surface area (Å²) in [5.74, 6) is 2.59. The van der Waals surface area contributed by atoms with Gasteiger partial charge in [-0.25, -0.2) is 9.97 Å². The lowest BCUT2D eigenvalue weighted by Crippen LogP contribution is -2.43. The van der Waals surface area contributed by atoms with Crippen molar-refractivity contribution in [1.82, 2.24) is 14.9 Å². The average Bonchev–Trinajstić information content (AvgIpc) is 2.51. The molecule has 1 fully saturated rings. The minimum atomic E-state index is 0.216. The number of hydrogen-bond donors (Lipinski definition) is 0. The molecule has 0 aliphatic carbocycles. The van der Waals surface area contributed by atoms with Gasteiger partial charge in [0.25, 0.3) is 0 Å². The highest BCUT2D eigenvalue weighted by atomic mass is 32.2. The molecule has 122 valence electrons. The van der Waals surface area contributed by atoms with Crippen molar-refractivity contribution in [2.24, 2.45) is 11.8 Å². The molecular formula is C18H23N3OS. The normalized spacial score (nSPS) is 21.6. The van der Waals surface area contributed by atoms with E-state index in [0.717, 1.165) is 34.8 Å². The number of piperidine rings is 1. The second-order valence-corrected chi connectivity index (χ2v) is 7.59. The molecule has 0 bridgehead atoms. The van der Waals surface area contributed by atoms with Crippen LogP contribution < -0.4 is 0 Å². The lowest BCUT2D eigenvalue weighted by atomic mass is 9.92. The van der Waals surface area contributed by atoms with Crippen molar-refractivity contribution < 1.29 is 4.79 Å². The van der Waals surface area contributed by atoms with Crippen LogP contribution in [0.3, 0.4) is 0 Å². The Labute approximate surface area is 141 Å². The third-order valence-corrected chi connectivity index (χ3v) is 5.21. The maximum absolute atomic E-state index is 12.5. The molecule has 0 N–H and O–H groups in total. The lowest BCUT2D eigenvalue weighted by molar-refractivity contribution is -0.130. The topological polar surface area (TPSA) is 46.1 Å². The number of carbonyl (C=O) groups excluding carboxylic acids is 1. The van der Waals surface area contributed by atoms with E-state index in [4.69, 9.17) is 0 Å². The Morgan fingerprint density at radius 1 is 1.22 bits per heavy atom. The second-order valence-electron chi connectivity index (χ2n) is 6.63. The summed E-state index contributed by atoms with van der Waals surface area (Å²) in [6.07, 6.45) is 1.21. The van der Waals surface area contributed by atoms with Gasteiger partial charge in [-0.3, -0.25) is 4.79 Å². The SMILES string of the molecule is Cc1nc(SCC(=O)N2C[C@H](C)C[C@@H](C)C2)c2ccccc2n1. The maximum Gasteiger partial charge on any atom is 0.233 e. The molecule has 1 amide bonds. The van der Waals surface area contributed by atoms with Crippen molar-refractivity contribution in [3.05, 3.63) is 30.1 Å². The van der Waals surface area contributed by atoms with Gasteiger partial charge in [0.05, 0.1) is 11.3 Å². The van der Waals surface area contributed by atoms with Gasteiger partial charge in [0.15, 0.2) is 0 Å². The third kappa shape index (κ3) is 3.83. The molecule has 1 aliphatic heterocycles. The van der Waals surface area contributed by atoms with Gasteiger partial charge >= 0.3 is 0 Å². The standard InChI is InChI=1S/C18H23N3OS/c1-12-8-13(2)10-21(9-12)17(22)11-23-18-15-6-4-5-7-16(15)19-14(3)20-18/h4-7,12-13H,8-11H2,1-3H3/t12-,13-/m1/s1. The molecule has 3 rings (SSSR count). The Hall–Kier alpha value is -1.62. The molecule has 0 radical (unpaired) electrons. The van der Waals surface area contributed by atoms with Gasteiger partial charge in [-0.05, 0) is 31.2 Å². The Kier molecular flexibility index (Phi) is 4.85. The smallest absolute Gasteiger partial charge is 0.233 e. The molecule has 1 aliphatic rings. The number of likely N-dealkylation sites (tertiary alicyclic amines) is 1. The van der Waals surface area contributed by atoms with Gasteiger partial charge < -0.3 is 4.90 Å². The molecule has 1 aromatic carbocycles. The van der Waals surface area contributed by atoms with Crippen molar-refractivity contribution in [2.75, 3.05) is 18.8 Å². The van der Waals surface area contributed by atoms with Crippen LogP contribution >= 0.6 is 11.8 Å². The monoisotopic (exact) mass is 329 g/mol. The number of para-hydroxylation sites is 1. The van der Waals surface area contributed by atoms with Crippen molar-refractivity contribution in [1.29, 1.82) is 0 Å². The summed E-state index contributed by atoms with van der Waals surface area (Å²) in [5, 5.41) is 1.93. The first-order chi connectivity index (χ1) is 11.0. The molecule has 2 aromatic rings. The van der Waals surface area contributed by atoms with E-state index in [9.17, 15) is 4.79 Å². The molecule has 0 unspecified atom stereocenters. The second kappa shape index (κ2) is 6.87. The Bertz CT molecular complexity index is 708. The number of carbonyl (C=O) groups is 1. The van der Waals surface area contributed by atoms with Crippen molar-refractivity contribution in [2.45, 2.75) is 32.2 Å². The highest BCUT2D eigenvalue weighted by molar-refractivity contribution is 8.00. The predicted octanol–water partition coefficient (Wildman–Crippen LogP) is 3.53. The summed E-state index contributed by atoms with van der Waals surface area (Å²) in [5.41, 5.74) is 0.940. The first kappa shape index (κ1) is 16.2. The summed E-state index contributed by atoms with van der Waals surface area (Å²) >= 11 is 1.53. The Morgan fingerprint density at radius 3 is 2.65 bits per heavy atom. The minimum Gasteiger partial charge on any atom is -0.341 e. The number of rotatable bonds is 3. The van der Waals surface area contributed by atoms with Crippen LogP contribution in [0.4, 0.5) is 0 Å². The highest BCUT2D eigenvalue weighted by Gasteiger charge is 2.25. The number of amides is 1. The van der Waals surface area contributed by atoms with E-state index in [2.05, 4.69) is 23.8 Å². The summed E-state index contributed by atoms with van der Waals surface area (Å²) in [7, 11) is 0. The van der Waals surface area contributed by atoms with Gasteiger partial charge in [0, 0.05) is 18.5 Å². The van der Waals surface area contributed by atoms with E-state index in [0.29, 0.717) is 17.6 Å². The number of fused-ring (bicyclic) bond motifs is 1. The van der Waals surface area contributed by atoms with Gasteiger partial charge in [-0.15, -0.1) is 0 Å². The van der Waals surface area contributed by atoms with E-state index in [-0.39, 0.29) is 5.91 Å². The predicted molar refractivity (Wildman–Crippen MR) is 94.5 cm³/mol. The molecule has 0 spiro atoms. The largest absolute Gasteiger partial charge is 0.341 e. The van der Waals surface area contributed by atoms with E-state index in [1.807, 2.05) is 36.1 Å². The zero-order valence-electron chi connectivity index (χ0n) is 14.0. The maximum atomic E-state index is 12.5. The Balaban J connectivity index is 1.72. The van der Waals surface area contributed by atoms with E-state index >= 15 is 0 Å². The average molecular weight is 329 g/mol. The Morgan fingerprint density at radius 2 is 1.91 bits per heavy atom. The van der Waals surface area contributed by atoms with Crippen LogP contribution in [0.5, 0.6) is 0 Å². The third-order valence-electron chi connectivity index (χ3n) is 4.23. The van der Waals surface area contributed by atoms with Crippen LogP contribution in [-0.4, -0.2) is 39.6 Å². The zero-order chi connectivity index (χ0) is 16.4. The summed E-state index contributed by atoms with van der Waals surface area (Å²) in [4.78, 5) is 23.5. The van der Waals surface area contributed by atoms with Crippen molar-refractivity contribution in [3.63, 3.8) is 0 Å². The lowest BCUT2D eigenvalue weighted by Gasteiger charge is -2.35. The van der Waals surface area contributed by atoms with Gasteiger partial charge in [0.1, 0.15) is 10.9 Å². The molecule has 1 saturated heterocycles. The van der Waals surface area contributed by atoms with Crippen LogP contribution in [0.25, 0.3) is 10.9 Å². The zero-order valence-corrected chi connectivity index (χ0v) is 14.8. The van der Waals surface area contributed by atoms with Crippen molar-refractivity contribution >= 4 is 28.6 Å². The first-order valence-corrected chi connectivity index (χ1v) is 9.15. The van der Waals surface area contributed by atoms with Gasteiger partial charge in [0.2, 0.25) is 5.91 Å². The number of nitrogens with zero attached hydrogens (tertiary/aromatic N) is 3. The quantitative estimate of drug-likeness (QED) is 0.638. The molecule has 2 heterocycles.